The molecule has 1 aliphatic rings. The molecule has 1 amide bonds. The molecule has 1 aliphatic heterocycles. The number of aromatic nitrogens is 3. The number of piperazine rings is 1. The van der Waals surface area contributed by atoms with E-state index in [2.05, 4.69) is 25.4 Å². The number of hydrogen-bond acceptors (Lipinski definition) is 6. The molecule has 0 radical (unpaired) electrons. The van der Waals surface area contributed by atoms with Gasteiger partial charge in [0.2, 0.25) is 11.9 Å². The quantitative estimate of drug-likeness (QED) is 0.923. The Morgan fingerprint density at radius 1 is 1.17 bits per heavy atom. The van der Waals surface area contributed by atoms with Crippen LogP contribution in [0.1, 0.15) is 6.92 Å². The van der Waals surface area contributed by atoms with E-state index < -0.39 is 0 Å². The summed E-state index contributed by atoms with van der Waals surface area (Å²) in [6.45, 7) is 4.31. The van der Waals surface area contributed by atoms with Crippen LogP contribution in [0.5, 0.6) is 0 Å². The van der Waals surface area contributed by atoms with Crippen molar-refractivity contribution >= 4 is 23.4 Å². The van der Waals surface area contributed by atoms with E-state index >= 15 is 0 Å². The minimum absolute atomic E-state index is 0.0872. The van der Waals surface area contributed by atoms with Crippen LogP contribution in [0.15, 0.2) is 30.5 Å². The zero-order chi connectivity index (χ0) is 16.2. The van der Waals surface area contributed by atoms with E-state index in [4.69, 9.17) is 0 Å². The van der Waals surface area contributed by atoms with Crippen LogP contribution in [0.25, 0.3) is 0 Å². The molecular weight excluding hydrogens is 299 g/mol. The highest BCUT2D eigenvalue weighted by atomic mass is 19.1. The van der Waals surface area contributed by atoms with Crippen LogP contribution in [0, 0.1) is 5.82 Å². The Kier molecular flexibility index (Phi) is 4.31. The van der Waals surface area contributed by atoms with Gasteiger partial charge in [0.05, 0.1) is 6.20 Å². The fourth-order valence-electron chi connectivity index (χ4n) is 2.41. The van der Waals surface area contributed by atoms with Gasteiger partial charge in [-0.05, 0) is 24.3 Å². The highest BCUT2D eigenvalue weighted by Gasteiger charge is 2.20. The molecule has 0 saturated carbocycles. The number of benzene rings is 1. The lowest BCUT2D eigenvalue weighted by molar-refractivity contribution is -0.129. The Hall–Kier alpha value is -2.77. The number of hydrogen-bond donors (Lipinski definition) is 1. The second-order valence-corrected chi connectivity index (χ2v) is 5.26. The van der Waals surface area contributed by atoms with Crippen molar-refractivity contribution in [1.82, 2.24) is 20.1 Å². The Morgan fingerprint density at radius 3 is 2.52 bits per heavy atom. The van der Waals surface area contributed by atoms with Gasteiger partial charge in [-0.3, -0.25) is 4.79 Å². The lowest BCUT2D eigenvalue weighted by Crippen LogP contribution is -2.48. The summed E-state index contributed by atoms with van der Waals surface area (Å²) < 4.78 is 12.9. The third-order valence-electron chi connectivity index (χ3n) is 3.70. The second-order valence-electron chi connectivity index (χ2n) is 5.26. The van der Waals surface area contributed by atoms with Crippen molar-refractivity contribution in [1.29, 1.82) is 0 Å². The maximum atomic E-state index is 12.9. The first-order chi connectivity index (χ1) is 11.1. The van der Waals surface area contributed by atoms with Crippen molar-refractivity contribution in [2.45, 2.75) is 6.92 Å². The van der Waals surface area contributed by atoms with Crippen LogP contribution in [-0.4, -0.2) is 52.2 Å². The number of halogens is 1. The van der Waals surface area contributed by atoms with Gasteiger partial charge in [-0.15, -0.1) is 5.10 Å². The number of carbonyl (C=O) groups is 1. The van der Waals surface area contributed by atoms with Crippen LogP contribution in [-0.2, 0) is 4.79 Å². The lowest BCUT2D eigenvalue weighted by Gasteiger charge is -2.34. The molecule has 2 aromatic rings. The first-order valence-corrected chi connectivity index (χ1v) is 7.34. The third kappa shape index (κ3) is 3.71. The summed E-state index contributed by atoms with van der Waals surface area (Å²) >= 11 is 0. The van der Waals surface area contributed by atoms with E-state index in [1.54, 1.807) is 25.3 Å². The molecule has 1 N–H and O–H groups in total. The third-order valence-corrected chi connectivity index (χ3v) is 3.70. The predicted molar refractivity (Wildman–Crippen MR) is 84.0 cm³/mol. The van der Waals surface area contributed by atoms with Gasteiger partial charge in [0.25, 0.3) is 0 Å². The molecule has 1 aromatic heterocycles. The summed E-state index contributed by atoms with van der Waals surface area (Å²) in [5, 5.41) is 10.9. The van der Waals surface area contributed by atoms with Crippen LogP contribution < -0.4 is 10.2 Å². The summed E-state index contributed by atoms with van der Waals surface area (Å²) in [5.41, 5.74) is 0.687. The molecule has 7 nitrogen and oxygen atoms in total. The molecule has 1 aromatic carbocycles. The van der Waals surface area contributed by atoms with Gasteiger partial charge in [0, 0.05) is 38.8 Å². The van der Waals surface area contributed by atoms with Crippen LogP contribution in [0.4, 0.5) is 21.8 Å². The standard InChI is InChI=1S/C15H17FN6O/c1-11(23)21-6-8-22(9-7-21)14-10-17-20-15(19-14)18-13-4-2-12(16)3-5-13/h2-5,10H,6-9H2,1H3,(H,18,19,20). The van der Waals surface area contributed by atoms with Crippen LogP contribution in [0.3, 0.4) is 0 Å². The number of anilines is 3. The molecule has 2 heterocycles. The van der Waals surface area contributed by atoms with Gasteiger partial charge >= 0.3 is 0 Å². The minimum Gasteiger partial charge on any atom is -0.352 e. The zero-order valence-electron chi connectivity index (χ0n) is 12.7. The van der Waals surface area contributed by atoms with Crippen molar-refractivity contribution in [2.75, 3.05) is 36.4 Å². The van der Waals surface area contributed by atoms with Gasteiger partial charge in [-0.2, -0.15) is 10.1 Å². The molecule has 1 saturated heterocycles. The summed E-state index contributed by atoms with van der Waals surface area (Å²) in [5.74, 6) is 0.840. The molecular formula is C15H17FN6O. The van der Waals surface area contributed by atoms with Gasteiger partial charge in [-0.1, -0.05) is 0 Å². The van der Waals surface area contributed by atoms with E-state index in [0.29, 0.717) is 43.6 Å². The first-order valence-electron chi connectivity index (χ1n) is 7.34. The maximum absolute atomic E-state index is 12.9. The van der Waals surface area contributed by atoms with Gasteiger partial charge < -0.3 is 15.1 Å². The second kappa shape index (κ2) is 6.55. The highest BCUT2D eigenvalue weighted by molar-refractivity contribution is 5.73. The largest absolute Gasteiger partial charge is 0.352 e. The average molecular weight is 316 g/mol. The summed E-state index contributed by atoms with van der Waals surface area (Å²) in [6, 6.07) is 5.94. The number of carbonyl (C=O) groups excluding carboxylic acids is 1. The van der Waals surface area contributed by atoms with Gasteiger partial charge in [-0.25, -0.2) is 4.39 Å². The van der Waals surface area contributed by atoms with E-state index in [1.807, 2.05) is 4.90 Å². The molecule has 0 aliphatic carbocycles. The van der Waals surface area contributed by atoms with Crippen LogP contribution >= 0.6 is 0 Å². The number of rotatable bonds is 3. The minimum atomic E-state index is -0.299. The molecule has 0 unspecified atom stereocenters. The summed E-state index contributed by atoms with van der Waals surface area (Å²) in [7, 11) is 0. The highest BCUT2D eigenvalue weighted by Crippen LogP contribution is 2.17. The van der Waals surface area contributed by atoms with E-state index in [9.17, 15) is 9.18 Å². The average Bonchev–Trinajstić information content (AvgIpc) is 2.57. The smallest absolute Gasteiger partial charge is 0.249 e. The lowest BCUT2D eigenvalue weighted by atomic mass is 10.3. The molecule has 0 atom stereocenters. The Balaban J connectivity index is 1.68. The van der Waals surface area contributed by atoms with Crippen molar-refractivity contribution in [2.24, 2.45) is 0 Å². The van der Waals surface area contributed by atoms with Crippen molar-refractivity contribution < 1.29 is 9.18 Å². The van der Waals surface area contributed by atoms with E-state index in [0.717, 1.165) is 0 Å². The Morgan fingerprint density at radius 2 is 1.87 bits per heavy atom. The Bertz CT molecular complexity index is 685. The zero-order valence-corrected chi connectivity index (χ0v) is 12.7. The SMILES string of the molecule is CC(=O)N1CCN(c2cnnc(Nc3ccc(F)cc3)n2)CC1. The van der Waals surface area contributed by atoms with E-state index in [-0.39, 0.29) is 11.7 Å². The fourth-order valence-corrected chi connectivity index (χ4v) is 2.41. The van der Waals surface area contributed by atoms with Crippen LogP contribution in [0.2, 0.25) is 0 Å². The molecule has 3 rings (SSSR count). The number of nitrogens with zero attached hydrogens (tertiary/aromatic N) is 5. The molecule has 8 heteroatoms. The van der Waals surface area contributed by atoms with E-state index in [1.165, 1.54) is 12.1 Å². The predicted octanol–water partition coefficient (Wildman–Crippen LogP) is 1.42. The van der Waals surface area contributed by atoms with Crippen molar-refractivity contribution in [3.63, 3.8) is 0 Å². The summed E-state index contributed by atoms with van der Waals surface area (Å²) in [6.07, 6.45) is 1.60. The molecule has 0 spiro atoms. The monoisotopic (exact) mass is 316 g/mol. The van der Waals surface area contributed by atoms with Crippen molar-refractivity contribution in [3.05, 3.63) is 36.3 Å². The molecule has 0 bridgehead atoms. The topological polar surface area (TPSA) is 74.2 Å². The fraction of sp³-hybridized carbons (Fsp3) is 0.333. The number of amides is 1. The maximum Gasteiger partial charge on any atom is 0.249 e. The first kappa shape index (κ1) is 15.1. The number of nitrogens with one attached hydrogen (secondary N) is 1. The molecule has 120 valence electrons. The Labute approximate surface area is 133 Å². The van der Waals surface area contributed by atoms with Crippen molar-refractivity contribution in [3.8, 4) is 0 Å². The van der Waals surface area contributed by atoms with Gasteiger partial charge in [0.15, 0.2) is 5.82 Å². The molecule has 1 fully saturated rings. The van der Waals surface area contributed by atoms with Gasteiger partial charge in [0.1, 0.15) is 5.82 Å². The normalized spacial score (nSPS) is 14.7. The molecule has 23 heavy (non-hydrogen) atoms. The summed E-state index contributed by atoms with van der Waals surface area (Å²) in [4.78, 5) is 19.7.